The van der Waals surface area contributed by atoms with Crippen LogP contribution in [0, 0.1) is 0 Å². The van der Waals surface area contributed by atoms with E-state index in [-0.39, 0.29) is 11.3 Å². The van der Waals surface area contributed by atoms with Gasteiger partial charge in [-0.2, -0.15) is 13.2 Å². The highest BCUT2D eigenvalue weighted by Crippen LogP contribution is 2.45. The second-order valence-electron chi connectivity index (χ2n) is 4.46. The summed E-state index contributed by atoms with van der Waals surface area (Å²) < 4.78 is 43.6. The first-order chi connectivity index (χ1) is 9.90. The molecule has 0 aromatic carbocycles. The van der Waals surface area contributed by atoms with Crippen molar-refractivity contribution in [1.82, 2.24) is 5.16 Å². The molecule has 118 valence electrons. The zero-order valence-corrected chi connectivity index (χ0v) is 13.9. The molecule has 0 aliphatic heterocycles. The number of allylic oxidation sites excluding steroid dienone is 3. The van der Waals surface area contributed by atoms with E-state index in [0.717, 1.165) is 12.8 Å². The smallest absolute Gasteiger partial charge is 0.360 e. The van der Waals surface area contributed by atoms with Crippen molar-refractivity contribution in [3.8, 4) is 0 Å². The number of alkyl halides is 4. The highest BCUT2D eigenvalue weighted by atomic mass is 79.9. The maximum Gasteiger partial charge on any atom is 0.416 e. The van der Waals surface area contributed by atoms with Gasteiger partial charge in [-0.1, -0.05) is 47.6 Å². The molecule has 1 heterocycles. The SMILES string of the molecule is C=C(/C(=C\C)c1noc(C2CC2)c1CBr)C(F)(F)F.CC. The normalized spacial score (nSPS) is 15.5. The fourth-order valence-electron chi connectivity index (χ4n) is 1.94. The minimum absolute atomic E-state index is 0.0161. The molecule has 0 bridgehead atoms. The van der Waals surface area contributed by atoms with Crippen molar-refractivity contribution in [2.45, 2.75) is 51.0 Å². The lowest BCUT2D eigenvalue weighted by molar-refractivity contribution is -0.0867. The summed E-state index contributed by atoms with van der Waals surface area (Å²) in [4.78, 5) is 0. The second kappa shape index (κ2) is 7.29. The first-order valence-electron chi connectivity index (χ1n) is 6.87. The van der Waals surface area contributed by atoms with Crippen LogP contribution < -0.4 is 0 Å². The number of rotatable bonds is 4. The molecule has 1 aromatic rings. The van der Waals surface area contributed by atoms with E-state index in [1.807, 2.05) is 13.8 Å². The summed E-state index contributed by atoms with van der Waals surface area (Å²) in [5.41, 5.74) is 0.0232. The van der Waals surface area contributed by atoms with Crippen LogP contribution in [0.3, 0.4) is 0 Å². The number of aromatic nitrogens is 1. The minimum atomic E-state index is -4.47. The van der Waals surface area contributed by atoms with Crippen molar-refractivity contribution in [3.05, 3.63) is 35.2 Å². The Hall–Kier alpha value is -1.04. The Balaban J connectivity index is 0.00000106. The van der Waals surface area contributed by atoms with Crippen LogP contribution in [-0.4, -0.2) is 11.3 Å². The minimum Gasteiger partial charge on any atom is -0.360 e. The molecule has 0 amide bonds. The third-order valence-electron chi connectivity index (χ3n) is 3.11. The number of nitrogens with zero attached hydrogens (tertiary/aromatic N) is 1. The Labute approximate surface area is 131 Å². The summed E-state index contributed by atoms with van der Waals surface area (Å²) in [5.74, 6) is 0.993. The molecule has 1 saturated carbocycles. The van der Waals surface area contributed by atoms with Gasteiger partial charge >= 0.3 is 6.18 Å². The van der Waals surface area contributed by atoms with E-state index in [1.54, 1.807) is 0 Å². The van der Waals surface area contributed by atoms with Crippen LogP contribution in [0.1, 0.15) is 56.5 Å². The lowest BCUT2D eigenvalue weighted by Gasteiger charge is -2.12. The van der Waals surface area contributed by atoms with Crippen LogP contribution in [0.5, 0.6) is 0 Å². The first-order valence-corrected chi connectivity index (χ1v) is 7.99. The van der Waals surface area contributed by atoms with Gasteiger partial charge < -0.3 is 4.52 Å². The average Bonchev–Trinajstić information content (AvgIpc) is 3.21. The van der Waals surface area contributed by atoms with Crippen LogP contribution in [0.25, 0.3) is 5.57 Å². The lowest BCUT2D eigenvalue weighted by Crippen LogP contribution is -2.13. The van der Waals surface area contributed by atoms with E-state index < -0.39 is 11.7 Å². The Kier molecular flexibility index (Phi) is 6.25. The highest BCUT2D eigenvalue weighted by molar-refractivity contribution is 9.08. The Morgan fingerprint density at radius 2 is 2.00 bits per heavy atom. The number of hydrogen-bond donors (Lipinski definition) is 0. The topological polar surface area (TPSA) is 26.0 Å². The van der Waals surface area contributed by atoms with Crippen LogP contribution in [0.2, 0.25) is 0 Å². The van der Waals surface area contributed by atoms with Gasteiger partial charge in [0.05, 0.1) is 5.57 Å². The molecule has 1 fully saturated rings. The van der Waals surface area contributed by atoms with Crippen molar-refractivity contribution >= 4 is 21.5 Å². The predicted molar refractivity (Wildman–Crippen MR) is 81.3 cm³/mol. The van der Waals surface area contributed by atoms with Crippen LogP contribution in [0.15, 0.2) is 22.8 Å². The van der Waals surface area contributed by atoms with E-state index in [9.17, 15) is 13.2 Å². The van der Waals surface area contributed by atoms with Gasteiger partial charge in [-0.15, -0.1) is 0 Å². The van der Waals surface area contributed by atoms with E-state index in [1.165, 1.54) is 13.0 Å². The zero-order valence-electron chi connectivity index (χ0n) is 12.4. The number of halogens is 4. The van der Waals surface area contributed by atoms with Crippen LogP contribution in [0.4, 0.5) is 13.2 Å². The quantitative estimate of drug-likeness (QED) is 0.483. The Bertz CT molecular complexity index is 528. The molecule has 0 unspecified atom stereocenters. The molecule has 2 nitrogen and oxygen atoms in total. The highest BCUT2D eigenvalue weighted by Gasteiger charge is 2.38. The van der Waals surface area contributed by atoms with Gasteiger partial charge in [-0.05, 0) is 19.8 Å². The van der Waals surface area contributed by atoms with Gasteiger partial charge in [0.2, 0.25) is 0 Å². The van der Waals surface area contributed by atoms with Crippen molar-refractivity contribution in [1.29, 1.82) is 0 Å². The van der Waals surface area contributed by atoms with Crippen molar-refractivity contribution < 1.29 is 17.7 Å². The third-order valence-corrected chi connectivity index (χ3v) is 3.67. The maximum absolute atomic E-state index is 12.8. The monoisotopic (exact) mass is 365 g/mol. The summed E-state index contributed by atoms with van der Waals surface area (Å²) in [6, 6.07) is 0. The fraction of sp³-hybridized carbons (Fsp3) is 0.533. The van der Waals surface area contributed by atoms with Crippen molar-refractivity contribution in [3.63, 3.8) is 0 Å². The van der Waals surface area contributed by atoms with Gasteiger partial charge in [0.15, 0.2) is 0 Å². The average molecular weight is 366 g/mol. The van der Waals surface area contributed by atoms with Gasteiger partial charge in [0, 0.05) is 22.4 Å². The van der Waals surface area contributed by atoms with Gasteiger partial charge in [0.1, 0.15) is 11.5 Å². The Morgan fingerprint density at radius 1 is 1.43 bits per heavy atom. The molecule has 1 aliphatic rings. The molecule has 0 saturated heterocycles. The van der Waals surface area contributed by atoms with E-state index >= 15 is 0 Å². The lowest BCUT2D eigenvalue weighted by atomic mass is 9.99. The van der Waals surface area contributed by atoms with Gasteiger partial charge in [0.25, 0.3) is 0 Å². The summed E-state index contributed by atoms with van der Waals surface area (Å²) >= 11 is 3.29. The molecule has 0 atom stereocenters. The largest absolute Gasteiger partial charge is 0.416 e. The summed E-state index contributed by atoms with van der Waals surface area (Å²) in [5, 5.41) is 4.24. The molecule has 21 heavy (non-hydrogen) atoms. The molecule has 1 aromatic heterocycles. The van der Waals surface area contributed by atoms with Crippen molar-refractivity contribution in [2.24, 2.45) is 0 Å². The van der Waals surface area contributed by atoms with Crippen LogP contribution in [-0.2, 0) is 5.33 Å². The molecule has 0 spiro atoms. The van der Waals surface area contributed by atoms with Gasteiger partial charge in [-0.25, -0.2) is 0 Å². The predicted octanol–water partition coefficient (Wildman–Crippen LogP) is 5.99. The second-order valence-corrected chi connectivity index (χ2v) is 5.02. The third kappa shape index (κ3) is 3.99. The molecule has 0 radical (unpaired) electrons. The molecule has 0 N–H and O–H groups in total. The first kappa shape index (κ1) is 18.0. The van der Waals surface area contributed by atoms with E-state index in [4.69, 9.17) is 4.52 Å². The summed E-state index contributed by atoms with van der Waals surface area (Å²) in [6.45, 7) is 8.67. The molecular weight excluding hydrogens is 347 g/mol. The van der Waals surface area contributed by atoms with Crippen molar-refractivity contribution in [2.75, 3.05) is 0 Å². The maximum atomic E-state index is 12.8. The standard InChI is InChI=1S/C13H13BrF3NO.C2H6/c1-3-9(7(2)13(15,16)17)11-10(6-14)12(19-18-11)8-4-5-8;1-2/h3,8H,2,4-6H2,1H3;1-2H3/b9-3+;. The fourth-order valence-corrected chi connectivity index (χ4v) is 2.48. The van der Waals surface area contributed by atoms with Crippen LogP contribution >= 0.6 is 15.9 Å². The van der Waals surface area contributed by atoms with E-state index in [2.05, 4.69) is 27.7 Å². The Morgan fingerprint density at radius 3 is 2.38 bits per heavy atom. The molecule has 6 heteroatoms. The summed E-state index contributed by atoms with van der Waals surface area (Å²) in [7, 11) is 0. The molecular formula is C15H19BrF3NO. The molecule has 1 aliphatic carbocycles. The number of hydrogen-bond acceptors (Lipinski definition) is 2. The summed E-state index contributed by atoms with van der Waals surface area (Å²) in [6.07, 6.45) is -1.10. The zero-order chi connectivity index (χ0) is 16.2. The molecule has 2 rings (SSSR count). The van der Waals surface area contributed by atoms with E-state index in [0.29, 0.717) is 22.6 Å². The van der Waals surface area contributed by atoms with Gasteiger partial charge in [-0.3, -0.25) is 0 Å².